The Balaban J connectivity index is 1.87. The normalized spacial score (nSPS) is 30.3. The second-order valence-corrected chi connectivity index (χ2v) is 6.70. The Morgan fingerprint density at radius 2 is 2.11 bits per heavy atom. The van der Waals surface area contributed by atoms with Gasteiger partial charge in [0.25, 0.3) is 10.0 Å². The molecule has 1 heterocycles. The van der Waals surface area contributed by atoms with Crippen molar-refractivity contribution in [3.05, 3.63) is 29.8 Å². The van der Waals surface area contributed by atoms with Gasteiger partial charge in [0.2, 0.25) is 0 Å². The first-order valence-corrected chi connectivity index (χ1v) is 7.91. The summed E-state index contributed by atoms with van der Waals surface area (Å²) in [7, 11) is -3.46. The highest BCUT2D eigenvalue weighted by Gasteiger charge is 2.31. The Bertz CT molecular complexity index is 625. The van der Waals surface area contributed by atoms with E-state index < -0.39 is 10.0 Å². The van der Waals surface area contributed by atoms with Crippen LogP contribution in [0.25, 0.3) is 0 Å². The zero-order valence-corrected chi connectivity index (χ0v) is 11.2. The molecule has 1 aromatic rings. The van der Waals surface area contributed by atoms with E-state index in [1.165, 1.54) is 0 Å². The number of aliphatic hydroxyl groups is 1. The molecule has 1 aromatic carbocycles. The van der Waals surface area contributed by atoms with Crippen LogP contribution in [0.3, 0.4) is 0 Å². The summed E-state index contributed by atoms with van der Waals surface area (Å²) in [4.78, 5) is 4.64. The highest BCUT2D eigenvalue weighted by molar-refractivity contribution is 7.90. The van der Waals surface area contributed by atoms with Crippen LogP contribution in [-0.4, -0.2) is 32.0 Å². The third-order valence-corrected chi connectivity index (χ3v) is 5.16. The molecule has 1 aliphatic heterocycles. The lowest BCUT2D eigenvalue weighted by molar-refractivity contribution is 0.137. The van der Waals surface area contributed by atoms with Gasteiger partial charge in [-0.1, -0.05) is 18.6 Å². The fraction of sp³-hybridized carbons (Fsp3) is 0.462. The van der Waals surface area contributed by atoms with Gasteiger partial charge in [-0.3, -0.25) is 9.71 Å². The fourth-order valence-corrected chi connectivity index (χ4v) is 3.94. The molecule has 0 aromatic heterocycles. The minimum Gasteiger partial charge on any atom is -0.393 e. The second-order valence-electron chi connectivity index (χ2n) is 5.05. The smallest absolute Gasteiger partial charge is 0.263 e. The van der Waals surface area contributed by atoms with Crippen molar-refractivity contribution < 1.29 is 13.5 Å². The first-order valence-electron chi connectivity index (χ1n) is 6.43. The highest BCUT2D eigenvalue weighted by Crippen LogP contribution is 2.27. The van der Waals surface area contributed by atoms with Crippen LogP contribution >= 0.6 is 0 Å². The largest absolute Gasteiger partial charge is 0.393 e. The maximum atomic E-state index is 11.9. The van der Waals surface area contributed by atoms with Gasteiger partial charge in [-0.05, 0) is 25.0 Å². The van der Waals surface area contributed by atoms with Crippen molar-refractivity contribution in [3.63, 3.8) is 0 Å². The number of aliphatic hydroxyl groups excluding tert-OH is 1. The van der Waals surface area contributed by atoms with Crippen molar-refractivity contribution in [2.75, 3.05) is 6.54 Å². The number of fused-ring (bicyclic) bond motifs is 1. The molecular formula is C13H16N2O3S. The van der Waals surface area contributed by atoms with Gasteiger partial charge < -0.3 is 5.11 Å². The molecule has 1 fully saturated rings. The Kier molecular flexibility index (Phi) is 3.06. The average molecular weight is 280 g/mol. The first-order chi connectivity index (χ1) is 9.08. The molecule has 19 heavy (non-hydrogen) atoms. The molecule has 1 saturated carbocycles. The molecule has 0 saturated heterocycles. The lowest BCUT2D eigenvalue weighted by Gasteiger charge is -2.11. The number of sulfonamides is 1. The number of hydrogen-bond donors (Lipinski definition) is 2. The third kappa shape index (κ3) is 2.26. The van der Waals surface area contributed by atoms with Gasteiger partial charge >= 0.3 is 0 Å². The minimum atomic E-state index is -3.46. The molecule has 0 spiro atoms. The number of hydrogen-bond acceptors (Lipinski definition) is 4. The summed E-state index contributed by atoms with van der Waals surface area (Å²) in [6.45, 7) is 0.466. The second kappa shape index (κ2) is 4.61. The van der Waals surface area contributed by atoms with E-state index in [2.05, 4.69) is 9.71 Å². The van der Waals surface area contributed by atoms with Crippen molar-refractivity contribution >= 4 is 15.9 Å². The van der Waals surface area contributed by atoms with Crippen LogP contribution in [0.15, 0.2) is 34.2 Å². The van der Waals surface area contributed by atoms with Gasteiger partial charge in [0, 0.05) is 18.0 Å². The van der Waals surface area contributed by atoms with Gasteiger partial charge in [0.1, 0.15) is 5.84 Å². The number of aliphatic imine (C=N–C) groups is 1. The number of benzene rings is 1. The third-order valence-electron chi connectivity index (χ3n) is 3.77. The Hall–Kier alpha value is -1.40. The average Bonchev–Trinajstić information content (AvgIpc) is 2.90. The monoisotopic (exact) mass is 280 g/mol. The van der Waals surface area contributed by atoms with Gasteiger partial charge in [-0.15, -0.1) is 0 Å². The van der Waals surface area contributed by atoms with Crippen LogP contribution in [0.1, 0.15) is 24.8 Å². The van der Waals surface area contributed by atoms with E-state index in [1.54, 1.807) is 24.3 Å². The van der Waals surface area contributed by atoms with Crippen molar-refractivity contribution in [3.8, 4) is 0 Å². The molecule has 2 N–H and O–H groups in total. The summed E-state index contributed by atoms with van der Waals surface area (Å²) in [5, 5.41) is 9.75. The topological polar surface area (TPSA) is 78.8 Å². The van der Waals surface area contributed by atoms with Crippen LogP contribution in [0, 0.1) is 5.92 Å². The van der Waals surface area contributed by atoms with E-state index >= 15 is 0 Å². The summed E-state index contributed by atoms with van der Waals surface area (Å²) in [5.74, 6) is 0.541. The molecular weight excluding hydrogens is 264 g/mol. The summed E-state index contributed by atoms with van der Waals surface area (Å²) in [5.41, 5.74) is 0.620. The van der Waals surface area contributed by atoms with E-state index in [0.717, 1.165) is 19.3 Å². The van der Waals surface area contributed by atoms with Crippen LogP contribution in [-0.2, 0) is 10.0 Å². The molecule has 3 rings (SSSR count). The quantitative estimate of drug-likeness (QED) is 0.844. The van der Waals surface area contributed by atoms with Crippen molar-refractivity contribution in [2.24, 2.45) is 10.9 Å². The van der Waals surface area contributed by atoms with Crippen LogP contribution in [0.4, 0.5) is 0 Å². The van der Waals surface area contributed by atoms with E-state index in [1.807, 2.05) is 0 Å². The standard InChI is InChI=1S/C13H16N2O3S/c16-11-6-3-4-9(11)8-14-13-10-5-1-2-7-12(10)19(17,18)15-13/h1-2,5,7,9,11,16H,3-4,6,8H2,(H,14,15). The van der Waals surface area contributed by atoms with E-state index in [4.69, 9.17) is 0 Å². The summed E-state index contributed by atoms with van der Waals surface area (Å²) in [6.07, 6.45) is 2.47. The molecule has 6 heteroatoms. The van der Waals surface area contributed by atoms with Crippen LogP contribution in [0.2, 0.25) is 0 Å². The Labute approximate surface area is 112 Å². The molecule has 2 atom stereocenters. The van der Waals surface area contributed by atoms with Gasteiger partial charge in [-0.2, -0.15) is 0 Å². The maximum absolute atomic E-state index is 11.9. The summed E-state index contributed by atoms with van der Waals surface area (Å²) in [6, 6.07) is 6.81. The number of nitrogens with one attached hydrogen (secondary N) is 1. The number of rotatable bonds is 2. The minimum absolute atomic E-state index is 0.143. The highest BCUT2D eigenvalue weighted by atomic mass is 32.2. The van der Waals surface area contributed by atoms with E-state index in [-0.39, 0.29) is 16.9 Å². The maximum Gasteiger partial charge on any atom is 0.263 e. The van der Waals surface area contributed by atoms with Crippen molar-refractivity contribution in [2.45, 2.75) is 30.3 Å². The molecule has 0 amide bonds. The zero-order chi connectivity index (χ0) is 13.5. The number of nitrogens with zero attached hydrogens (tertiary/aromatic N) is 1. The first kappa shape index (κ1) is 12.6. The molecule has 2 aliphatic rings. The number of amidine groups is 1. The van der Waals surface area contributed by atoms with Gasteiger partial charge in [0.05, 0.1) is 11.0 Å². The molecule has 2 unspecified atom stereocenters. The fourth-order valence-electron chi connectivity index (χ4n) is 2.69. The van der Waals surface area contributed by atoms with Crippen molar-refractivity contribution in [1.29, 1.82) is 0 Å². The van der Waals surface area contributed by atoms with Crippen LogP contribution < -0.4 is 4.72 Å². The van der Waals surface area contributed by atoms with E-state index in [0.29, 0.717) is 17.9 Å². The molecule has 0 bridgehead atoms. The molecule has 102 valence electrons. The molecule has 0 radical (unpaired) electrons. The predicted molar refractivity (Wildman–Crippen MR) is 71.5 cm³/mol. The van der Waals surface area contributed by atoms with Gasteiger partial charge in [0.15, 0.2) is 0 Å². The lowest BCUT2D eigenvalue weighted by Crippen LogP contribution is -2.24. The molecule has 1 aliphatic carbocycles. The van der Waals surface area contributed by atoms with Gasteiger partial charge in [-0.25, -0.2) is 8.42 Å². The zero-order valence-electron chi connectivity index (χ0n) is 10.4. The van der Waals surface area contributed by atoms with Crippen molar-refractivity contribution in [1.82, 2.24) is 4.72 Å². The molecule has 5 nitrogen and oxygen atoms in total. The Morgan fingerprint density at radius 1 is 1.32 bits per heavy atom. The lowest BCUT2D eigenvalue weighted by atomic mass is 10.1. The Morgan fingerprint density at radius 3 is 2.84 bits per heavy atom. The summed E-state index contributed by atoms with van der Waals surface area (Å²) < 4.78 is 26.2. The van der Waals surface area contributed by atoms with Crippen LogP contribution in [0.5, 0.6) is 0 Å². The summed E-state index contributed by atoms with van der Waals surface area (Å²) >= 11 is 0. The van der Waals surface area contributed by atoms with E-state index in [9.17, 15) is 13.5 Å². The predicted octanol–water partition coefficient (Wildman–Crippen LogP) is 0.886. The SMILES string of the molecule is O=S1(=O)NC(=NCC2CCCC2O)c2ccccc21.